The minimum atomic E-state index is -0.863. The highest BCUT2D eigenvalue weighted by molar-refractivity contribution is 6.30. The van der Waals surface area contributed by atoms with Crippen LogP contribution in [-0.2, 0) is 16.1 Å². The monoisotopic (exact) mass is 437 g/mol. The molecule has 162 valence electrons. The Kier molecular flexibility index (Phi) is 8.24. The second kappa shape index (κ2) is 11.1. The third kappa shape index (κ3) is 6.66. The number of hydrogen-bond acceptors (Lipinski definition) is 3. The number of aryl methyl sites for hydroxylation is 1. The van der Waals surface area contributed by atoms with E-state index in [2.05, 4.69) is 24.3 Å². The number of hydrogen-bond donors (Lipinski definition) is 1. The van der Waals surface area contributed by atoms with Gasteiger partial charge in [0.2, 0.25) is 0 Å². The average molecular weight is 438 g/mol. The lowest BCUT2D eigenvalue weighted by atomic mass is 9.84. The van der Waals surface area contributed by atoms with E-state index in [1.165, 1.54) is 0 Å². The van der Waals surface area contributed by atoms with Gasteiger partial charge in [0, 0.05) is 17.0 Å². The summed E-state index contributed by atoms with van der Waals surface area (Å²) in [5, 5.41) is 10.1. The SMILES string of the molecule is Cc1cc(Cl)cc(COC[C@H](C(c2ccccc2)c2ccccc2)N(C)CC(=O)O)c1. The molecular formula is C26H28ClNO3. The van der Waals surface area contributed by atoms with Gasteiger partial charge in [-0.3, -0.25) is 9.69 Å². The van der Waals surface area contributed by atoms with Crippen LogP contribution in [0.5, 0.6) is 0 Å². The largest absolute Gasteiger partial charge is 0.480 e. The van der Waals surface area contributed by atoms with Crippen molar-refractivity contribution in [2.45, 2.75) is 25.5 Å². The van der Waals surface area contributed by atoms with E-state index in [1.54, 1.807) is 0 Å². The maximum Gasteiger partial charge on any atom is 0.317 e. The molecular weight excluding hydrogens is 410 g/mol. The Balaban J connectivity index is 1.88. The van der Waals surface area contributed by atoms with E-state index in [1.807, 2.05) is 73.5 Å². The van der Waals surface area contributed by atoms with Gasteiger partial charge in [0.1, 0.15) is 0 Å². The van der Waals surface area contributed by atoms with Gasteiger partial charge in [-0.2, -0.15) is 0 Å². The number of aliphatic carboxylic acids is 1. The molecule has 0 heterocycles. The van der Waals surface area contributed by atoms with Crippen molar-refractivity contribution in [1.82, 2.24) is 4.90 Å². The van der Waals surface area contributed by atoms with Crippen LogP contribution in [-0.4, -0.2) is 42.2 Å². The summed E-state index contributed by atoms with van der Waals surface area (Å²) in [6.45, 7) is 2.72. The number of halogens is 1. The Bertz CT molecular complexity index is 919. The molecule has 5 heteroatoms. The van der Waals surface area contributed by atoms with Crippen LogP contribution in [0.2, 0.25) is 5.02 Å². The van der Waals surface area contributed by atoms with Gasteiger partial charge in [-0.15, -0.1) is 0 Å². The molecule has 1 atom stereocenters. The summed E-state index contributed by atoms with van der Waals surface area (Å²) in [6.07, 6.45) is 0. The van der Waals surface area contributed by atoms with Gasteiger partial charge in [-0.25, -0.2) is 0 Å². The van der Waals surface area contributed by atoms with Crippen molar-refractivity contribution in [1.29, 1.82) is 0 Å². The summed E-state index contributed by atoms with van der Waals surface area (Å²) in [4.78, 5) is 13.3. The van der Waals surface area contributed by atoms with Crippen LogP contribution in [0, 0.1) is 6.92 Å². The van der Waals surface area contributed by atoms with E-state index < -0.39 is 5.97 Å². The molecule has 0 fully saturated rings. The predicted octanol–water partition coefficient (Wildman–Crippen LogP) is 5.38. The van der Waals surface area contributed by atoms with E-state index >= 15 is 0 Å². The molecule has 0 bridgehead atoms. The van der Waals surface area contributed by atoms with E-state index in [0.29, 0.717) is 18.2 Å². The van der Waals surface area contributed by atoms with Crippen LogP contribution in [0.4, 0.5) is 0 Å². The third-order valence-corrected chi connectivity index (χ3v) is 5.53. The molecule has 1 N–H and O–H groups in total. The maximum atomic E-state index is 11.5. The summed E-state index contributed by atoms with van der Waals surface area (Å²) >= 11 is 6.18. The lowest BCUT2D eigenvalue weighted by molar-refractivity contribution is -0.138. The minimum absolute atomic E-state index is 0.0344. The van der Waals surface area contributed by atoms with Crippen LogP contribution < -0.4 is 0 Å². The van der Waals surface area contributed by atoms with Crippen molar-refractivity contribution in [3.8, 4) is 0 Å². The Morgan fingerprint density at radius 3 is 2.10 bits per heavy atom. The number of benzene rings is 3. The molecule has 3 rings (SSSR count). The van der Waals surface area contributed by atoms with Crippen molar-refractivity contribution in [2.24, 2.45) is 0 Å². The number of carboxylic acid groups (broad SMARTS) is 1. The summed E-state index contributed by atoms with van der Waals surface area (Å²) < 4.78 is 6.13. The van der Waals surface area contributed by atoms with Gasteiger partial charge in [0.25, 0.3) is 0 Å². The quantitative estimate of drug-likeness (QED) is 0.462. The van der Waals surface area contributed by atoms with E-state index in [4.69, 9.17) is 16.3 Å². The molecule has 0 aliphatic carbocycles. The van der Waals surface area contributed by atoms with Crippen molar-refractivity contribution in [2.75, 3.05) is 20.2 Å². The van der Waals surface area contributed by atoms with Crippen molar-refractivity contribution in [3.05, 3.63) is 106 Å². The van der Waals surface area contributed by atoms with Crippen LogP contribution >= 0.6 is 11.6 Å². The summed E-state index contributed by atoms with van der Waals surface area (Å²) in [5.41, 5.74) is 4.33. The normalized spacial score (nSPS) is 12.3. The van der Waals surface area contributed by atoms with Gasteiger partial charge >= 0.3 is 5.97 Å². The van der Waals surface area contributed by atoms with Crippen LogP contribution in [0.15, 0.2) is 78.9 Å². The fourth-order valence-corrected chi connectivity index (χ4v) is 4.27. The number of carboxylic acids is 1. The summed E-state index contributed by atoms with van der Waals surface area (Å²) in [6, 6.07) is 26.0. The fourth-order valence-electron chi connectivity index (χ4n) is 3.96. The predicted molar refractivity (Wildman–Crippen MR) is 125 cm³/mol. The van der Waals surface area contributed by atoms with Crippen LogP contribution in [0.1, 0.15) is 28.2 Å². The number of carbonyl (C=O) groups is 1. The Morgan fingerprint density at radius 2 is 1.58 bits per heavy atom. The average Bonchev–Trinajstić information content (AvgIpc) is 2.73. The van der Waals surface area contributed by atoms with E-state index in [-0.39, 0.29) is 18.5 Å². The van der Waals surface area contributed by atoms with Crippen molar-refractivity contribution >= 4 is 17.6 Å². The van der Waals surface area contributed by atoms with E-state index in [9.17, 15) is 9.90 Å². The second-order valence-electron chi connectivity index (χ2n) is 7.83. The first-order chi connectivity index (χ1) is 14.9. The lowest BCUT2D eigenvalue weighted by Crippen LogP contribution is -2.43. The number of nitrogens with zero attached hydrogens (tertiary/aromatic N) is 1. The summed E-state index contributed by atoms with van der Waals surface area (Å²) in [5.74, 6) is -0.898. The van der Waals surface area contributed by atoms with Gasteiger partial charge in [0.05, 0.1) is 19.8 Å². The van der Waals surface area contributed by atoms with Crippen molar-refractivity contribution < 1.29 is 14.6 Å². The molecule has 3 aromatic carbocycles. The zero-order chi connectivity index (χ0) is 22.2. The van der Waals surface area contributed by atoms with E-state index in [0.717, 1.165) is 22.3 Å². The number of ether oxygens (including phenoxy) is 1. The molecule has 3 aromatic rings. The Hall–Kier alpha value is -2.66. The molecule has 0 aromatic heterocycles. The highest BCUT2D eigenvalue weighted by Gasteiger charge is 2.29. The molecule has 31 heavy (non-hydrogen) atoms. The van der Waals surface area contributed by atoms with Crippen LogP contribution in [0.3, 0.4) is 0 Å². The highest BCUT2D eigenvalue weighted by Crippen LogP contribution is 2.31. The molecule has 0 amide bonds. The second-order valence-corrected chi connectivity index (χ2v) is 8.26. The first-order valence-electron chi connectivity index (χ1n) is 10.3. The standard InChI is InChI=1S/C26H28ClNO3/c1-19-13-20(15-23(27)14-19)17-31-18-24(28(2)16-25(29)30)26(21-9-5-3-6-10-21)22-11-7-4-8-12-22/h3-15,24,26H,16-18H2,1-2H3,(H,29,30)/t24-/m1/s1. The minimum Gasteiger partial charge on any atom is -0.480 e. The topological polar surface area (TPSA) is 49.8 Å². The van der Waals surface area contributed by atoms with Gasteiger partial charge in [-0.1, -0.05) is 78.3 Å². The van der Waals surface area contributed by atoms with Gasteiger partial charge in [-0.05, 0) is 48.4 Å². The van der Waals surface area contributed by atoms with Gasteiger partial charge < -0.3 is 9.84 Å². The van der Waals surface area contributed by atoms with Crippen LogP contribution in [0.25, 0.3) is 0 Å². The Labute approximate surface area is 189 Å². The molecule has 0 saturated carbocycles. The Morgan fingerprint density at radius 1 is 1.00 bits per heavy atom. The molecule has 4 nitrogen and oxygen atoms in total. The van der Waals surface area contributed by atoms with Crippen molar-refractivity contribution in [3.63, 3.8) is 0 Å². The zero-order valence-electron chi connectivity index (χ0n) is 17.9. The first-order valence-corrected chi connectivity index (χ1v) is 10.7. The van der Waals surface area contributed by atoms with Gasteiger partial charge in [0.15, 0.2) is 0 Å². The summed E-state index contributed by atoms with van der Waals surface area (Å²) in [7, 11) is 1.84. The fraction of sp³-hybridized carbons (Fsp3) is 0.269. The smallest absolute Gasteiger partial charge is 0.317 e. The highest BCUT2D eigenvalue weighted by atomic mass is 35.5. The molecule has 0 spiro atoms. The molecule has 0 aliphatic rings. The maximum absolute atomic E-state index is 11.5. The molecule has 0 radical (unpaired) electrons. The number of likely N-dealkylation sites (N-methyl/N-ethyl adjacent to an activating group) is 1. The molecule has 0 unspecified atom stereocenters. The molecule has 0 aliphatic heterocycles. The zero-order valence-corrected chi connectivity index (χ0v) is 18.6. The molecule has 0 saturated heterocycles. The lowest BCUT2D eigenvalue weighted by Gasteiger charge is -2.34. The third-order valence-electron chi connectivity index (χ3n) is 5.31. The first kappa shape index (κ1) is 23.0. The number of rotatable bonds is 10.